The zero-order valence-corrected chi connectivity index (χ0v) is 16.2. The Hall–Kier alpha value is -2.28. The molecule has 1 saturated carbocycles. The molecular formula is C20H28O7. The lowest BCUT2D eigenvalue weighted by Gasteiger charge is -2.33. The van der Waals surface area contributed by atoms with Crippen LogP contribution in [-0.2, 0) is 14.3 Å². The maximum Gasteiger partial charge on any atom is 0.309 e. The summed E-state index contributed by atoms with van der Waals surface area (Å²) in [7, 11) is 3.03. The van der Waals surface area contributed by atoms with E-state index < -0.39 is 0 Å². The minimum Gasteiger partial charge on any atom is -0.493 e. The summed E-state index contributed by atoms with van der Waals surface area (Å²) in [4.78, 5) is 23.0. The van der Waals surface area contributed by atoms with Crippen molar-refractivity contribution in [2.45, 2.75) is 38.7 Å². The van der Waals surface area contributed by atoms with Gasteiger partial charge in [0.1, 0.15) is 12.4 Å². The van der Waals surface area contributed by atoms with Gasteiger partial charge in [0.05, 0.1) is 45.0 Å². The number of esters is 1. The monoisotopic (exact) mass is 380 g/mol. The number of ether oxygens (including phenoxy) is 5. The molecule has 1 aliphatic carbocycles. The third kappa shape index (κ3) is 5.85. The molecule has 0 radical (unpaired) electrons. The number of unbranched alkanes of at least 4 members (excludes halogenated alkanes) is 1. The molecule has 0 aliphatic heterocycles. The Morgan fingerprint density at radius 1 is 1.07 bits per heavy atom. The molecule has 1 aliphatic rings. The van der Waals surface area contributed by atoms with Crippen LogP contribution in [0.5, 0.6) is 17.2 Å². The Balaban J connectivity index is 1.71. The van der Waals surface area contributed by atoms with Crippen molar-refractivity contribution in [3.8, 4) is 17.2 Å². The van der Waals surface area contributed by atoms with Gasteiger partial charge in [-0.05, 0) is 25.3 Å². The predicted octanol–water partition coefficient (Wildman–Crippen LogP) is 3.03. The fourth-order valence-electron chi connectivity index (χ4n) is 2.79. The molecule has 0 N–H and O–H groups in total. The van der Waals surface area contributed by atoms with E-state index in [4.69, 9.17) is 23.7 Å². The van der Waals surface area contributed by atoms with Crippen LogP contribution in [-0.4, -0.2) is 52.4 Å². The van der Waals surface area contributed by atoms with E-state index in [1.54, 1.807) is 12.1 Å². The number of carbonyl (C=O) groups is 2. The molecule has 1 aromatic rings. The standard InChI is InChI=1S/C20H28O7/c1-4-5-6-27-20(22)14-9-16(10-14)25-7-8-26-17-12-19(24-3)18(23-2)11-15(17)13-21/h11-14,16H,4-10H2,1-3H3. The van der Waals surface area contributed by atoms with Gasteiger partial charge in [0.25, 0.3) is 0 Å². The Bertz CT molecular complexity index is 623. The number of methoxy groups -OCH3 is 2. The first kappa shape index (κ1) is 21.0. The third-order valence-electron chi connectivity index (χ3n) is 4.51. The van der Waals surface area contributed by atoms with Gasteiger partial charge in [-0.15, -0.1) is 0 Å². The summed E-state index contributed by atoms with van der Waals surface area (Å²) in [6.07, 6.45) is 4.03. The molecule has 0 saturated heterocycles. The van der Waals surface area contributed by atoms with Crippen molar-refractivity contribution in [3.63, 3.8) is 0 Å². The van der Waals surface area contributed by atoms with E-state index >= 15 is 0 Å². The second-order valence-electron chi connectivity index (χ2n) is 6.39. The zero-order chi connectivity index (χ0) is 19.6. The molecule has 1 fully saturated rings. The minimum absolute atomic E-state index is 0.0493. The first-order chi connectivity index (χ1) is 13.1. The van der Waals surface area contributed by atoms with Crippen LogP contribution in [0.1, 0.15) is 43.0 Å². The SMILES string of the molecule is CCCCOC(=O)C1CC(OCCOc2cc(OC)c(OC)cc2C=O)C1. The highest BCUT2D eigenvalue weighted by Crippen LogP contribution is 2.34. The third-order valence-corrected chi connectivity index (χ3v) is 4.51. The first-order valence-corrected chi connectivity index (χ1v) is 9.25. The van der Waals surface area contributed by atoms with Crippen molar-refractivity contribution in [3.05, 3.63) is 17.7 Å². The molecule has 2 rings (SSSR count). The normalized spacial score (nSPS) is 18.3. The second kappa shape index (κ2) is 10.8. The number of rotatable bonds is 12. The van der Waals surface area contributed by atoms with Crippen molar-refractivity contribution < 1.29 is 33.3 Å². The molecule has 0 amide bonds. The Morgan fingerprint density at radius 3 is 2.41 bits per heavy atom. The average Bonchev–Trinajstić information content (AvgIpc) is 2.65. The highest BCUT2D eigenvalue weighted by atomic mass is 16.5. The number of hydrogen-bond acceptors (Lipinski definition) is 7. The van der Waals surface area contributed by atoms with Crippen LogP contribution in [0.3, 0.4) is 0 Å². The molecule has 0 aromatic heterocycles. The summed E-state index contributed by atoms with van der Waals surface area (Å²) in [6, 6.07) is 3.19. The zero-order valence-electron chi connectivity index (χ0n) is 16.2. The summed E-state index contributed by atoms with van der Waals surface area (Å²) in [5.41, 5.74) is 0.381. The van der Waals surface area contributed by atoms with E-state index in [2.05, 4.69) is 6.92 Å². The van der Waals surface area contributed by atoms with Gasteiger partial charge in [0.15, 0.2) is 17.8 Å². The minimum atomic E-state index is -0.125. The van der Waals surface area contributed by atoms with E-state index in [-0.39, 0.29) is 18.0 Å². The van der Waals surface area contributed by atoms with Crippen LogP contribution in [0, 0.1) is 5.92 Å². The van der Waals surface area contributed by atoms with Crippen LogP contribution in [0.2, 0.25) is 0 Å². The maximum atomic E-state index is 11.8. The molecule has 0 bridgehead atoms. The molecular weight excluding hydrogens is 352 g/mol. The molecule has 150 valence electrons. The number of carbonyl (C=O) groups excluding carboxylic acids is 2. The Morgan fingerprint density at radius 2 is 1.78 bits per heavy atom. The van der Waals surface area contributed by atoms with Crippen LogP contribution in [0.4, 0.5) is 0 Å². The van der Waals surface area contributed by atoms with Gasteiger partial charge in [0, 0.05) is 6.07 Å². The second-order valence-corrected chi connectivity index (χ2v) is 6.39. The van der Waals surface area contributed by atoms with Crippen LogP contribution in [0.25, 0.3) is 0 Å². The largest absolute Gasteiger partial charge is 0.493 e. The number of benzene rings is 1. The van der Waals surface area contributed by atoms with Crippen LogP contribution < -0.4 is 14.2 Å². The average molecular weight is 380 g/mol. The van der Waals surface area contributed by atoms with Crippen LogP contribution >= 0.6 is 0 Å². The van der Waals surface area contributed by atoms with E-state index in [0.717, 1.165) is 12.8 Å². The molecule has 27 heavy (non-hydrogen) atoms. The highest BCUT2D eigenvalue weighted by molar-refractivity contribution is 5.81. The van der Waals surface area contributed by atoms with Gasteiger partial charge in [-0.1, -0.05) is 13.3 Å². The van der Waals surface area contributed by atoms with Gasteiger partial charge < -0.3 is 23.7 Å². The summed E-state index contributed by atoms with van der Waals surface area (Å²) in [5, 5.41) is 0. The maximum absolute atomic E-state index is 11.8. The molecule has 0 spiro atoms. The molecule has 0 atom stereocenters. The highest BCUT2D eigenvalue weighted by Gasteiger charge is 2.36. The van der Waals surface area contributed by atoms with Gasteiger partial charge in [-0.25, -0.2) is 0 Å². The number of hydrogen-bond donors (Lipinski definition) is 0. The summed E-state index contributed by atoms with van der Waals surface area (Å²) < 4.78 is 27.0. The fourth-order valence-corrected chi connectivity index (χ4v) is 2.79. The van der Waals surface area contributed by atoms with E-state index in [9.17, 15) is 9.59 Å². The number of aldehydes is 1. The predicted molar refractivity (Wildman–Crippen MR) is 98.8 cm³/mol. The Labute approximate surface area is 159 Å². The van der Waals surface area contributed by atoms with Gasteiger partial charge in [-0.2, -0.15) is 0 Å². The van der Waals surface area contributed by atoms with E-state index in [0.29, 0.717) is 61.8 Å². The van der Waals surface area contributed by atoms with E-state index in [1.165, 1.54) is 14.2 Å². The smallest absolute Gasteiger partial charge is 0.309 e. The fraction of sp³-hybridized carbons (Fsp3) is 0.600. The quantitative estimate of drug-likeness (QED) is 0.313. The van der Waals surface area contributed by atoms with Gasteiger partial charge in [-0.3, -0.25) is 9.59 Å². The molecule has 7 heteroatoms. The van der Waals surface area contributed by atoms with Crippen LogP contribution in [0.15, 0.2) is 12.1 Å². The molecule has 7 nitrogen and oxygen atoms in total. The van der Waals surface area contributed by atoms with E-state index in [1.807, 2.05) is 0 Å². The topological polar surface area (TPSA) is 80.3 Å². The lowest BCUT2D eigenvalue weighted by atomic mass is 9.82. The van der Waals surface area contributed by atoms with Crippen molar-refractivity contribution in [2.75, 3.05) is 34.0 Å². The lowest BCUT2D eigenvalue weighted by molar-refractivity contribution is -0.158. The molecule has 0 heterocycles. The van der Waals surface area contributed by atoms with Crippen molar-refractivity contribution in [1.29, 1.82) is 0 Å². The molecule has 1 aromatic carbocycles. The first-order valence-electron chi connectivity index (χ1n) is 9.25. The molecule has 0 unspecified atom stereocenters. The lowest BCUT2D eigenvalue weighted by Crippen LogP contribution is -2.38. The summed E-state index contributed by atoms with van der Waals surface area (Å²) in [6.45, 7) is 3.21. The van der Waals surface area contributed by atoms with Crippen molar-refractivity contribution in [2.24, 2.45) is 5.92 Å². The summed E-state index contributed by atoms with van der Waals surface area (Å²) in [5.74, 6) is 1.19. The summed E-state index contributed by atoms with van der Waals surface area (Å²) >= 11 is 0. The van der Waals surface area contributed by atoms with Gasteiger partial charge in [0.2, 0.25) is 0 Å². The van der Waals surface area contributed by atoms with Crippen molar-refractivity contribution >= 4 is 12.3 Å². The van der Waals surface area contributed by atoms with Crippen molar-refractivity contribution in [1.82, 2.24) is 0 Å². The Kier molecular flexibility index (Phi) is 8.39. The van der Waals surface area contributed by atoms with Gasteiger partial charge >= 0.3 is 5.97 Å².